The third kappa shape index (κ3) is 7.93. The summed E-state index contributed by atoms with van der Waals surface area (Å²) in [5.41, 5.74) is 6.94. The first kappa shape index (κ1) is 28.8. The number of para-hydroxylation sites is 1. The molecule has 208 valence electrons. The molecule has 40 heavy (non-hydrogen) atoms. The zero-order chi connectivity index (χ0) is 28.5. The average Bonchev–Trinajstić information content (AvgIpc) is 3.37. The van der Waals surface area contributed by atoms with Crippen molar-refractivity contribution >= 4 is 35.1 Å². The molecule has 7 nitrogen and oxygen atoms in total. The van der Waals surface area contributed by atoms with Gasteiger partial charge in [0.2, 0.25) is 0 Å². The maximum atomic E-state index is 12.5. The molecular formula is C32H35N3O4S. The number of thiazole rings is 1. The summed E-state index contributed by atoms with van der Waals surface area (Å²) in [4.78, 5) is 31.2. The van der Waals surface area contributed by atoms with Crippen molar-refractivity contribution in [1.29, 1.82) is 0 Å². The van der Waals surface area contributed by atoms with E-state index in [9.17, 15) is 9.59 Å². The summed E-state index contributed by atoms with van der Waals surface area (Å²) in [6.45, 7) is 9.05. The van der Waals surface area contributed by atoms with E-state index in [1.165, 1.54) is 0 Å². The van der Waals surface area contributed by atoms with Crippen LogP contribution in [0.15, 0.2) is 78.3 Å². The Bertz CT molecular complexity index is 1410. The van der Waals surface area contributed by atoms with Gasteiger partial charge in [0.1, 0.15) is 17.6 Å². The molecule has 1 N–H and O–H groups in total. The summed E-state index contributed by atoms with van der Waals surface area (Å²) in [5, 5.41) is 2.92. The SMILES string of the molecule is Cc1ncsc1-c1ccc(CNC(=O)OC(C)(C)C)c(N(CCCOc2ccc(C=O)cc2)c2ccccc2)c1. The van der Waals surface area contributed by atoms with Crippen LogP contribution in [-0.2, 0) is 11.3 Å². The number of ether oxygens (including phenoxy) is 2. The van der Waals surface area contributed by atoms with Crippen LogP contribution < -0.4 is 15.0 Å². The van der Waals surface area contributed by atoms with Crippen LogP contribution in [0.4, 0.5) is 16.2 Å². The van der Waals surface area contributed by atoms with Gasteiger partial charge < -0.3 is 19.7 Å². The zero-order valence-corrected chi connectivity index (χ0v) is 24.2. The second-order valence-corrected chi connectivity index (χ2v) is 11.2. The number of carbonyl (C=O) groups is 2. The number of hydrogen-bond acceptors (Lipinski definition) is 7. The fourth-order valence-electron chi connectivity index (χ4n) is 4.22. The van der Waals surface area contributed by atoms with Crippen molar-refractivity contribution in [2.75, 3.05) is 18.1 Å². The van der Waals surface area contributed by atoms with Gasteiger partial charge in [-0.3, -0.25) is 4.79 Å². The summed E-state index contributed by atoms with van der Waals surface area (Å²) in [6.07, 6.45) is 1.10. The number of benzene rings is 3. The third-order valence-corrected chi connectivity index (χ3v) is 7.06. The Morgan fingerprint density at radius 2 is 1.80 bits per heavy atom. The summed E-state index contributed by atoms with van der Waals surface area (Å²) in [7, 11) is 0. The van der Waals surface area contributed by atoms with Crippen LogP contribution in [-0.4, -0.2) is 36.1 Å². The number of hydrogen-bond donors (Lipinski definition) is 1. The highest BCUT2D eigenvalue weighted by molar-refractivity contribution is 7.13. The molecule has 3 aromatic carbocycles. The number of nitrogens with zero attached hydrogens (tertiary/aromatic N) is 2. The molecule has 1 heterocycles. The molecule has 8 heteroatoms. The monoisotopic (exact) mass is 557 g/mol. The van der Waals surface area contributed by atoms with E-state index < -0.39 is 11.7 Å². The topological polar surface area (TPSA) is 80.8 Å². The number of aldehydes is 1. The van der Waals surface area contributed by atoms with Crippen molar-refractivity contribution in [1.82, 2.24) is 10.3 Å². The number of rotatable bonds is 11. The highest BCUT2D eigenvalue weighted by Crippen LogP contribution is 2.35. The summed E-state index contributed by atoms with van der Waals surface area (Å²) in [6, 6.07) is 23.6. The molecule has 4 rings (SSSR count). The van der Waals surface area contributed by atoms with E-state index in [0.717, 1.165) is 51.5 Å². The lowest BCUT2D eigenvalue weighted by Gasteiger charge is -2.28. The Labute approximate surface area is 239 Å². The molecule has 0 atom stereocenters. The van der Waals surface area contributed by atoms with Crippen molar-refractivity contribution in [2.45, 2.75) is 46.3 Å². The highest BCUT2D eigenvalue weighted by atomic mass is 32.1. The molecular weight excluding hydrogens is 522 g/mol. The van der Waals surface area contributed by atoms with Gasteiger partial charge >= 0.3 is 6.09 Å². The largest absolute Gasteiger partial charge is 0.494 e. The van der Waals surface area contributed by atoms with Gasteiger partial charge in [-0.1, -0.05) is 30.3 Å². The second-order valence-electron chi connectivity index (χ2n) is 10.3. The van der Waals surface area contributed by atoms with Crippen LogP contribution in [0, 0.1) is 6.92 Å². The van der Waals surface area contributed by atoms with Gasteiger partial charge in [0.15, 0.2) is 0 Å². The number of aromatic nitrogens is 1. The summed E-state index contributed by atoms with van der Waals surface area (Å²) >= 11 is 1.61. The molecule has 0 saturated heterocycles. The van der Waals surface area contributed by atoms with Crippen molar-refractivity contribution in [2.24, 2.45) is 0 Å². The molecule has 0 radical (unpaired) electrons. The average molecular weight is 558 g/mol. The van der Waals surface area contributed by atoms with Gasteiger partial charge in [0.25, 0.3) is 0 Å². The summed E-state index contributed by atoms with van der Waals surface area (Å²) in [5.74, 6) is 0.724. The quantitative estimate of drug-likeness (QED) is 0.151. The summed E-state index contributed by atoms with van der Waals surface area (Å²) < 4.78 is 11.4. The first-order valence-corrected chi connectivity index (χ1v) is 14.1. The number of anilines is 2. The minimum Gasteiger partial charge on any atom is -0.494 e. The van der Waals surface area contributed by atoms with E-state index in [0.29, 0.717) is 25.3 Å². The fourth-order valence-corrected chi connectivity index (χ4v) is 5.02. The Balaban J connectivity index is 1.60. The Kier molecular flexibility index (Phi) is 9.56. The van der Waals surface area contributed by atoms with Crippen LogP contribution in [0.5, 0.6) is 5.75 Å². The predicted molar refractivity (Wildman–Crippen MR) is 161 cm³/mol. The number of amides is 1. The number of nitrogens with one attached hydrogen (secondary N) is 1. The van der Waals surface area contributed by atoms with Crippen molar-refractivity contribution in [3.8, 4) is 16.2 Å². The van der Waals surface area contributed by atoms with Crippen LogP contribution in [0.1, 0.15) is 48.8 Å². The van der Waals surface area contributed by atoms with Crippen LogP contribution >= 0.6 is 11.3 Å². The van der Waals surface area contributed by atoms with Gasteiger partial charge in [-0.2, -0.15) is 0 Å². The number of alkyl carbamates (subject to hydrolysis) is 1. The van der Waals surface area contributed by atoms with Gasteiger partial charge in [-0.05, 0) is 87.7 Å². The maximum absolute atomic E-state index is 12.5. The minimum absolute atomic E-state index is 0.315. The van der Waals surface area contributed by atoms with E-state index in [4.69, 9.17) is 9.47 Å². The lowest BCUT2D eigenvalue weighted by Crippen LogP contribution is -2.32. The van der Waals surface area contributed by atoms with Crippen LogP contribution in [0.3, 0.4) is 0 Å². The molecule has 0 aliphatic rings. The Hall–Kier alpha value is -4.17. The van der Waals surface area contributed by atoms with Crippen LogP contribution in [0.2, 0.25) is 0 Å². The molecule has 0 fully saturated rings. The fraction of sp³-hybridized carbons (Fsp3) is 0.281. The molecule has 0 saturated carbocycles. The number of aryl methyl sites for hydroxylation is 1. The van der Waals surface area contributed by atoms with Gasteiger partial charge in [-0.15, -0.1) is 11.3 Å². The standard InChI is InChI=1S/C32H35N3O4S/c1-23-30(40-22-34-23)25-13-14-26(20-33-31(37)39-32(2,3)4)29(19-25)35(27-9-6-5-7-10-27)17-8-18-38-28-15-11-24(21-36)12-16-28/h5-7,9-16,19,21-22H,8,17-18,20H2,1-4H3,(H,33,37). The highest BCUT2D eigenvalue weighted by Gasteiger charge is 2.19. The zero-order valence-electron chi connectivity index (χ0n) is 23.3. The first-order valence-electron chi connectivity index (χ1n) is 13.2. The third-order valence-electron chi connectivity index (χ3n) is 6.08. The van der Waals surface area contributed by atoms with Crippen LogP contribution in [0.25, 0.3) is 10.4 Å². The molecule has 0 aliphatic carbocycles. The lowest BCUT2D eigenvalue weighted by molar-refractivity contribution is 0.0523. The molecule has 1 amide bonds. The second kappa shape index (κ2) is 13.3. The minimum atomic E-state index is -0.579. The number of carbonyl (C=O) groups excluding carboxylic acids is 2. The van der Waals surface area contributed by atoms with E-state index in [2.05, 4.69) is 45.5 Å². The van der Waals surface area contributed by atoms with Gasteiger partial charge in [-0.25, -0.2) is 9.78 Å². The molecule has 0 aliphatic heterocycles. The van der Waals surface area contributed by atoms with E-state index in [-0.39, 0.29) is 0 Å². The van der Waals surface area contributed by atoms with E-state index >= 15 is 0 Å². The molecule has 0 spiro atoms. The van der Waals surface area contributed by atoms with Crippen molar-refractivity contribution in [3.05, 3.63) is 95.1 Å². The lowest BCUT2D eigenvalue weighted by atomic mass is 10.0. The van der Waals surface area contributed by atoms with Gasteiger partial charge in [0.05, 0.1) is 22.7 Å². The predicted octanol–water partition coefficient (Wildman–Crippen LogP) is 7.56. The Morgan fingerprint density at radius 1 is 1.05 bits per heavy atom. The Morgan fingerprint density at radius 3 is 2.45 bits per heavy atom. The van der Waals surface area contributed by atoms with E-state index in [1.807, 2.05) is 51.4 Å². The normalized spacial score (nSPS) is 11.1. The molecule has 4 aromatic rings. The van der Waals surface area contributed by atoms with Gasteiger partial charge in [0, 0.05) is 30.0 Å². The smallest absolute Gasteiger partial charge is 0.407 e. The molecule has 0 unspecified atom stereocenters. The maximum Gasteiger partial charge on any atom is 0.407 e. The van der Waals surface area contributed by atoms with Crippen molar-refractivity contribution < 1.29 is 19.1 Å². The first-order chi connectivity index (χ1) is 19.2. The van der Waals surface area contributed by atoms with Crippen molar-refractivity contribution in [3.63, 3.8) is 0 Å². The molecule has 1 aromatic heterocycles. The van der Waals surface area contributed by atoms with E-state index in [1.54, 1.807) is 35.6 Å². The molecule has 0 bridgehead atoms.